The first-order valence-corrected chi connectivity index (χ1v) is 10.2. The summed E-state index contributed by atoms with van der Waals surface area (Å²) in [4.78, 5) is 24.3. The number of ether oxygens (including phenoxy) is 4. The number of carbonyl (C=O) groups excluding carboxylic acids is 2. The quantitative estimate of drug-likeness (QED) is 0.276. The third-order valence-corrected chi connectivity index (χ3v) is 4.64. The molecule has 0 aliphatic heterocycles. The minimum Gasteiger partial charge on any atom is -0.493 e. The Morgan fingerprint density at radius 1 is 1.06 bits per heavy atom. The second kappa shape index (κ2) is 12.4. The van der Waals surface area contributed by atoms with Crippen LogP contribution < -0.4 is 29.7 Å². The number of methoxy groups -OCH3 is 3. The third kappa shape index (κ3) is 6.74. The van der Waals surface area contributed by atoms with Crippen LogP contribution in [0, 0.1) is 0 Å². The highest BCUT2D eigenvalue weighted by Crippen LogP contribution is 2.36. The Balaban J connectivity index is 1.93. The predicted molar refractivity (Wildman–Crippen MR) is 124 cm³/mol. The average molecular weight is 506 g/mol. The van der Waals surface area contributed by atoms with Gasteiger partial charge in [0.25, 0.3) is 11.8 Å². The molecule has 2 N–H and O–H groups in total. The molecular weight excluding hydrogens is 482 g/mol. The maximum Gasteiger partial charge on any atom is 0.259 e. The van der Waals surface area contributed by atoms with E-state index in [1.807, 2.05) is 0 Å². The number of hydrogen-bond donors (Lipinski definition) is 2. The highest BCUT2D eigenvalue weighted by atomic mass is 79.9. The minimum absolute atomic E-state index is 0.258. The third-order valence-electron chi connectivity index (χ3n) is 4.06. The van der Waals surface area contributed by atoms with Crippen LogP contribution in [0.4, 0.5) is 0 Å². The zero-order chi connectivity index (χ0) is 23.5. The zero-order valence-electron chi connectivity index (χ0n) is 17.9. The van der Waals surface area contributed by atoms with Crippen molar-refractivity contribution < 1.29 is 28.5 Å². The fourth-order valence-electron chi connectivity index (χ4n) is 2.56. The molecule has 170 valence electrons. The molecule has 0 unspecified atom stereocenters. The van der Waals surface area contributed by atoms with Crippen LogP contribution >= 0.6 is 15.9 Å². The van der Waals surface area contributed by atoms with E-state index in [0.717, 1.165) is 0 Å². The zero-order valence-corrected chi connectivity index (χ0v) is 19.5. The normalized spacial score (nSPS) is 10.4. The second-order valence-electron chi connectivity index (χ2n) is 6.18. The molecule has 0 heterocycles. The Morgan fingerprint density at radius 2 is 1.78 bits per heavy atom. The number of carbonyl (C=O) groups is 2. The monoisotopic (exact) mass is 505 g/mol. The summed E-state index contributed by atoms with van der Waals surface area (Å²) in [6.45, 7) is 3.68. The van der Waals surface area contributed by atoms with E-state index in [9.17, 15) is 9.59 Å². The lowest BCUT2D eigenvalue weighted by Gasteiger charge is -2.12. The largest absolute Gasteiger partial charge is 0.493 e. The van der Waals surface area contributed by atoms with Gasteiger partial charge in [-0.15, -0.1) is 0 Å². The SMILES string of the molecule is C=CCOc1c(Br)cc(/C=N/NC(=O)CNC(=O)c2ccc(OC)c(OC)c2)cc1OC. The highest BCUT2D eigenvalue weighted by molar-refractivity contribution is 9.10. The van der Waals surface area contributed by atoms with Crippen LogP contribution in [0.15, 0.2) is 52.6 Å². The molecule has 0 aromatic heterocycles. The number of nitrogens with zero attached hydrogens (tertiary/aromatic N) is 1. The van der Waals surface area contributed by atoms with E-state index in [-0.39, 0.29) is 6.54 Å². The number of benzene rings is 2. The molecule has 9 nitrogen and oxygen atoms in total. The Labute approximate surface area is 194 Å². The van der Waals surface area contributed by atoms with Gasteiger partial charge >= 0.3 is 0 Å². The molecular formula is C22H24BrN3O6. The van der Waals surface area contributed by atoms with Crippen molar-refractivity contribution in [2.24, 2.45) is 5.10 Å². The number of hydrogen-bond acceptors (Lipinski definition) is 7. The second-order valence-corrected chi connectivity index (χ2v) is 7.03. The van der Waals surface area contributed by atoms with Crippen molar-refractivity contribution in [3.8, 4) is 23.0 Å². The lowest BCUT2D eigenvalue weighted by Crippen LogP contribution is -2.34. The number of rotatable bonds is 11. The standard InChI is InChI=1S/C22H24BrN3O6/c1-5-8-32-21-16(23)9-14(10-19(21)31-4)12-25-26-20(27)13-24-22(28)15-6-7-17(29-2)18(11-15)30-3/h5-7,9-12H,1,8,13H2,2-4H3,(H,24,28)(H,26,27)/b25-12+. The fourth-order valence-corrected chi connectivity index (χ4v) is 3.13. The Morgan fingerprint density at radius 3 is 2.44 bits per heavy atom. The number of hydrazone groups is 1. The minimum atomic E-state index is -0.493. The molecule has 0 atom stereocenters. The molecule has 2 aromatic carbocycles. The van der Waals surface area contributed by atoms with Gasteiger partial charge in [0.2, 0.25) is 0 Å². The molecule has 0 aliphatic carbocycles. The topological polar surface area (TPSA) is 107 Å². The van der Waals surface area contributed by atoms with Crippen molar-refractivity contribution in [3.05, 3.63) is 58.6 Å². The van der Waals surface area contributed by atoms with Gasteiger partial charge in [-0.1, -0.05) is 12.7 Å². The van der Waals surface area contributed by atoms with Gasteiger partial charge < -0.3 is 24.3 Å². The van der Waals surface area contributed by atoms with Crippen molar-refractivity contribution in [3.63, 3.8) is 0 Å². The van der Waals surface area contributed by atoms with E-state index in [4.69, 9.17) is 18.9 Å². The fraction of sp³-hybridized carbons (Fsp3) is 0.227. The Bertz CT molecular complexity index is 1010. The average Bonchev–Trinajstić information content (AvgIpc) is 2.80. The van der Waals surface area contributed by atoms with E-state index in [0.29, 0.717) is 45.2 Å². The van der Waals surface area contributed by atoms with E-state index < -0.39 is 11.8 Å². The maximum absolute atomic E-state index is 12.3. The number of amides is 2. The molecule has 0 saturated carbocycles. The summed E-state index contributed by atoms with van der Waals surface area (Å²) in [7, 11) is 4.50. The first-order valence-electron chi connectivity index (χ1n) is 9.36. The van der Waals surface area contributed by atoms with Gasteiger partial charge in [-0.25, -0.2) is 5.43 Å². The molecule has 0 bridgehead atoms. The first kappa shape index (κ1) is 24.7. The summed E-state index contributed by atoms with van der Waals surface area (Å²) >= 11 is 3.42. The summed E-state index contributed by atoms with van der Waals surface area (Å²) in [5.74, 6) is 1.01. The highest BCUT2D eigenvalue weighted by Gasteiger charge is 2.12. The molecule has 0 spiro atoms. The van der Waals surface area contributed by atoms with Crippen LogP contribution in [0.5, 0.6) is 23.0 Å². The van der Waals surface area contributed by atoms with Gasteiger partial charge in [0, 0.05) is 5.56 Å². The molecule has 0 saturated heterocycles. The Hall–Kier alpha value is -3.53. The molecule has 2 amide bonds. The molecule has 0 aliphatic rings. The van der Waals surface area contributed by atoms with Gasteiger partial charge in [0.15, 0.2) is 23.0 Å². The van der Waals surface area contributed by atoms with Crippen LogP contribution in [0.1, 0.15) is 15.9 Å². The number of nitrogens with one attached hydrogen (secondary N) is 2. The summed E-state index contributed by atoms with van der Waals surface area (Å²) in [5.41, 5.74) is 3.34. The van der Waals surface area contributed by atoms with Crippen molar-refractivity contribution in [2.75, 3.05) is 34.5 Å². The van der Waals surface area contributed by atoms with E-state index in [2.05, 4.69) is 38.4 Å². The summed E-state index contributed by atoms with van der Waals surface area (Å²) in [6, 6.07) is 8.17. The predicted octanol–water partition coefficient (Wildman–Crippen LogP) is 2.92. The lowest BCUT2D eigenvalue weighted by atomic mass is 10.2. The van der Waals surface area contributed by atoms with Crippen LogP contribution in [0.3, 0.4) is 0 Å². The van der Waals surface area contributed by atoms with Crippen LogP contribution in [-0.4, -0.2) is 52.5 Å². The van der Waals surface area contributed by atoms with Crippen molar-refractivity contribution in [1.82, 2.24) is 10.7 Å². The van der Waals surface area contributed by atoms with Crippen LogP contribution in [-0.2, 0) is 4.79 Å². The lowest BCUT2D eigenvalue weighted by molar-refractivity contribution is -0.120. The maximum atomic E-state index is 12.3. The summed E-state index contributed by atoms with van der Waals surface area (Å²) in [6.07, 6.45) is 3.07. The van der Waals surface area contributed by atoms with Crippen molar-refractivity contribution in [1.29, 1.82) is 0 Å². The molecule has 0 radical (unpaired) electrons. The molecule has 32 heavy (non-hydrogen) atoms. The summed E-state index contributed by atoms with van der Waals surface area (Å²) < 4.78 is 21.9. The van der Waals surface area contributed by atoms with E-state index >= 15 is 0 Å². The van der Waals surface area contributed by atoms with Crippen molar-refractivity contribution >= 4 is 34.0 Å². The van der Waals surface area contributed by atoms with E-state index in [1.165, 1.54) is 33.6 Å². The first-order chi connectivity index (χ1) is 15.4. The van der Waals surface area contributed by atoms with Crippen LogP contribution in [0.25, 0.3) is 0 Å². The smallest absolute Gasteiger partial charge is 0.259 e. The van der Waals surface area contributed by atoms with Gasteiger partial charge in [-0.2, -0.15) is 5.10 Å². The van der Waals surface area contributed by atoms with E-state index in [1.54, 1.807) is 30.3 Å². The summed E-state index contributed by atoms with van der Waals surface area (Å²) in [5, 5.41) is 6.42. The van der Waals surface area contributed by atoms with Gasteiger partial charge in [-0.3, -0.25) is 9.59 Å². The van der Waals surface area contributed by atoms with Gasteiger partial charge in [-0.05, 0) is 51.8 Å². The molecule has 2 rings (SSSR count). The van der Waals surface area contributed by atoms with Gasteiger partial charge in [0.1, 0.15) is 6.61 Å². The molecule has 2 aromatic rings. The van der Waals surface area contributed by atoms with Crippen molar-refractivity contribution in [2.45, 2.75) is 0 Å². The van der Waals surface area contributed by atoms with Gasteiger partial charge in [0.05, 0.1) is 38.6 Å². The Kier molecular flexibility index (Phi) is 9.55. The van der Waals surface area contributed by atoms with Crippen LogP contribution in [0.2, 0.25) is 0 Å². The molecule has 0 fully saturated rings. The molecule has 10 heteroatoms. The number of halogens is 1.